The van der Waals surface area contributed by atoms with E-state index in [0.29, 0.717) is 0 Å². The first-order valence-electron chi connectivity index (χ1n) is 5.56. The highest BCUT2D eigenvalue weighted by atomic mass is 35.7. The number of hydrogen-bond acceptors (Lipinski definition) is 3. The van der Waals surface area contributed by atoms with Crippen molar-refractivity contribution in [2.75, 3.05) is 13.1 Å². The average molecular weight is 318 g/mol. The second kappa shape index (κ2) is 6.67. The highest BCUT2D eigenvalue weighted by molar-refractivity contribution is 8.13. The summed E-state index contributed by atoms with van der Waals surface area (Å²) in [5.41, 5.74) is -0.238. The molecule has 1 rings (SSSR count). The summed E-state index contributed by atoms with van der Waals surface area (Å²) in [5.74, 6) is -1.53. The molecule has 7 heteroatoms. The lowest BCUT2D eigenvalue weighted by Gasteiger charge is -2.19. The summed E-state index contributed by atoms with van der Waals surface area (Å²) in [5, 5.41) is 0. The molecule has 0 N–H and O–H groups in total. The van der Waals surface area contributed by atoms with Gasteiger partial charge in [0.05, 0.1) is 10.5 Å². The summed E-state index contributed by atoms with van der Waals surface area (Å²) in [6, 6.07) is 2.89. The van der Waals surface area contributed by atoms with Gasteiger partial charge < -0.3 is 4.90 Å². The van der Waals surface area contributed by atoms with Crippen LogP contribution in [0.15, 0.2) is 48.4 Å². The van der Waals surface area contributed by atoms with Gasteiger partial charge in [-0.2, -0.15) is 0 Å². The number of hydrogen-bond donors (Lipinski definition) is 0. The molecule has 0 spiro atoms. The Morgan fingerprint density at radius 3 is 2.25 bits per heavy atom. The van der Waals surface area contributed by atoms with Crippen molar-refractivity contribution in [2.24, 2.45) is 0 Å². The van der Waals surface area contributed by atoms with Gasteiger partial charge >= 0.3 is 0 Å². The molecular weight excluding hydrogens is 305 g/mol. The van der Waals surface area contributed by atoms with E-state index in [1.54, 1.807) is 0 Å². The van der Waals surface area contributed by atoms with E-state index < -0.39 is 25.7 Å². The Bertz CT molecular complexity index is 633. The second-order valence-electron chi connectivity index (χ2n) is 3.87. The van der Waals surface area contributed by atoms with Crippen molar-refractivity contribution < 1.29 is 17.6 Å². The summed E-state index contributed by atoms with van der Waals surface area (Å²) in [6.45, 7) is 7.46. The maximum atomic E-state index is 13.8. The van der Waals surface area contributed by atoms with E-state index in [2.05, 4.69) is 13.2 Å². The monoisotopic (exact) mass is 317 g/mol. The van der Waals surface area contributed by atoms with E-state index in [1.807, 2.05) is 0 Å². The minimum atomic E-state index is -4.03. The first kappa shape index (κ1) is 16.4. The number of amides is 1. The first-order chi connectivity index (χ1) is 9.31. The van der Waals surface area contributed by atoms with Gasteiger partial charge in [0.15, 0.2) is 0 Å². The quantitative estimate of drug-likeness (QED) is 0.598. The fourth-order valence-electron chi connectivity index (χ4n) is 1.54. The third-order valence-electron chi connectivity index (χ3n) is 2.44. The van der Waals surface area contributed by atoms with Crippen molar-refractivity contribution >= 4 is 25.6 Å². The topological polar surface area (TPSA) is 54.5 Å². The molecule has 0 radical (unpaired) electrons. The van der Waals surface area contributed by atoms with Crippen LogP contribution in [-0.4, -0.2) is 32.3 Å². The summed E-state index contributed by atoms with van der Waals surface area (Å²) < 4.78 is 36.0. The maximum absolute atomic E-state index is 13.8. The smallest absolute Gasteiger partial charge is 0.261 e. The summed E-state index contributed by atoms with van der Waals surface area (Å²) in [6.07, 6.45) is 2.99. The largest absolute Gasteiger partial charge is 0.331 e. The molecule has 0 aliphatic carbocycles. The van der Waals surface area contributed by atoms with Crippen molar-refractivity contribution in [2.45, 2.75) is 4.90 Å². The Hall–Kier alpha value is -1.66. The van der Waals surface area contributed by atoms with E-state index in [9.17, 15) is 17.6 Å². The lowest BCUT2D eigenvalue weighted by atomic mass is 10.2. The SMILES string of the molecule is C=CCN(CC=C)C(=O)c1ccc(S(=O)(=O)Cl)cc1F. The Morgan fingerprint density at radius 1 is 1.30 bits per heavy atom. The van der Waals surface area contributed by atoms with Gasteiger partial charge in [0, 0.05) is 23.8 Å². The normalized spacial score (nSPS) is 10.9. The molecule has 4 nitrogen and oxygen atoms in total. The van der Waals surface area contributed by atoms with Gasteiger partial charge in [-0.3, -0.25) is 4.79 Å². The molecule has 0 fully saturated rings. The number of carbonyl (C=O) groups excluding carboxylic acids is 1. The van der Waals surface area contributed by atoms with Gasteiger partial charge in [-0.15, -0.1) is 13.2 Å². The molecule has 0 unspecified atom stereocenters. The molecule has 0 aliphatic heterocycles. The zero-order valence-corrected chi connectivity index (χ0v) is 12.1. The number of carbonyl (C=O) groups is 1. The Kier molecular flexibility index (Phi) is 5.47. The minimum absolute atomic E-state index is 0.222. The van der Waals surface area contributed by atoms with Crippen LogP contribution in [-0.2, 0) is 9.05 Å². The van der Waals surface area contributed by atoms with Gasteiger partial charge in [-0.05, 0) is 18.2 Å². The van der Waals surface area contributed by atoms with Crippen LogP contribution < -0.4 is 0 Å². The maximum Gasteiger partial charge on any atom is 0.261 e. The van der Waals surface area contributed by atoms with Gasteiger partial charge in [0.2, 0.25) is 0 Å². The summed E-state index contributed by atoms with van der Waals surface area (Å²) >= 11 is 0. The lowest BCUT2D eigenvalue weighted by Crippen LogP contribution is -2.32. The number of halogens is 2. The molecule has 0 heterocycles. The standard InChI is InChI=1S/C13H13ClFNO3S/c1-3-7-16(8-4-2)13(17)11-6-5-10(9-12(11)15)20(14,18)19/h3-6,9H,1-2,7-8H2. The second-order valence-corrected chi connectivity index (χ2v) is 6.43. The van der Waals surface area contributed by atoms with Gasteiger partial charge in [-0.1, -0.05) is 12.2 Å². The number of benzene rings is 1. The van der Waals surface area contributed by atoms with Crippen LogP contribution in [0.4, 0.5) is 4.39 Å². The van der Waals surface area contributed by atoms with E-state index in [0.717, 1.165) is 18.2 Å². The predicted molar refractivity (Wildman–Crippen MR) is 75.7 cm³/mol. The van der Waals surface area contributed by atoms with Crippen LogP contribution in [0.3, 0.4) is 0 Å². The predicted octanol–water partition coefficient (Wildman–Crippen LogP) is 2.57. The number of nitrogens with zero attached hydrogens (tertiary/aromatic N) is 1. The fraction of sp³-hybridized carbons (Fsp3) is 0.154. The van der Waals surface area contributed by atoms with Gasteiger partial charge in [0.25, 0.3) is 15.0 Å². The Morgan fingerprint density at radius 2 is 1.85 bits per heavy atom. The fourth-order valence-corrected chi connectivity index (χ4v) is 2.31. The van der Waals surface area contributed by atoms with Crippen molar-refractivity contribution in [1.29, 1.82) is 0 Å². The number of rotatable bonds is 6. The summed E-state index contributed by atoms with van der Waals surface area (Å²) in [4.78, 5) is 13.0. The molecule has 0 aliphatic rings. The molecule has 0 bridgehead atoms. The zero-order valence-electron chi connectivity index (χ0n) is 10.6. The average Bonchev–Trinajstić information content (AvgIpc) is 2.36. The van der Waals surface area contributed by atoms with Crippen LogP contribution >= 0.6 is 10.7 Å². The molecule has 0 aromatic heterocycles. The van der Waals surface area contributed by atoms with E-state index in [4.69, 9.17) is 10.7 Å². The van der Waals surface area contributed by atoms with Crippen molar-refractivity contribution in [3.63, 3.8) is 0 Å². The van der Waals surface area contributed by atoms with Crippen molar-refractivity contribution in [3.05, 3.63) is 54.9 Å². The Labute approximate surface area is 121 Å². The van der Waals surface area contributed by atoms with Crippen molar-refractivity contribution in [1.82, 2.24) is 4.90 Å². The highest BCUT2D eigenvalue weighted by Gasteiger charge is 2.20. The van der Waals surface area contributed by atoms with Crippen molar-refractivity contribution in [3.8, 4) is 0 Å². The molecule has 0 atom stereocenters. The van der Waals surface area contributed by atoms with Crippen LogP contribution in [0.25, 0.3) is 0 Å². The highest BCUT2D eigenvalue weighted by Crippen LogP contribution is 2.19. The Balaban J connectivity index is 3.16. The first-order valence-corrected chi connectivity index (χ1v) is 7.87. The summed E-state index contributed by atoms with van der Waals surface area (Å²) in [7, 11) is 1.07. The van der Waals surface area contributed by atoms with Crippen LogP contribution in [0, 0.1) is 5.82 Å². The van der Waals surface area contributed by atoms with Gasteiger partial charge in [-0.25, -0.2) is 12.8 Å². The molecule has 20 heavy (non-hydrogen) atoms. The minimum Gasteiger partial charge on any atom is -0.331 e. The lowest BCUT2D eigenvalue weighted by molar-refractivity contribution is 0.0786. The third kappa shape index (κ3) is 3.91. The molecule has 0 saturated carbocycles. The van der Waals surface area contributed by atoms with E-state index >= 15 is 0 Å². The van der Waals surface area contributed by atoms with E-state index in [-0.39, 0.29) is 18.7 Å². The molecule has 1 amide bonds. The van der Waals surface area contributed by atoms with E-state index in [1.165, 1.54) is 17.1 Å². The van der Waals surface area contributed by atoms with Crippen LogP contribution in [0.5, 0.6) is 0 Å². The molecule has 1 aromatic rings. The van der Waals surface area contributed by atoms with Crippen LogP contribution in [0.2, 0.25) is 0 Å². The molecule has 1 aromatic carbocycles. The molecule has 0 saturated heterocycles. The van der Waals surface area contributed by atoms with Crippen LogP contribution in [0.1, 0.15) is 10.4 Å². The van der Waals surface area contributed by atoms with Gasteiger partial charge in [0.1, 0.15) is 5.82 Å². The third-order valence-corrected chi connectivity index (χ3v) is 3.79. The zero-order chi connectivity index (χ0) is 15.3. The molecule has 108 valence electrons. The molecular formula is C13H13ClFNO3S.